The van der Waals surface area contributed by atoms with Crippen LogP contribution in [0.4, 0.5) is 24.5 Å². The van der Waals surface area contributed by atoms with Crippen LogP contribution in [0.5, 0.6) is 0 Å². The molecule has 0 spiro atoms. The van der Waals surface area contributed by atoms with Crippen LogP contribution in [-0.2, 0) is 25.7 Å². The van der Waals surface area contributed by atoms with Crippen molar-refractivity contribution < 1.29 is 31.1 Å². The molecule has 1 aliphatic rings. The molecule has 1 fully saturated rings. The lowest BCUT2D eigenvalue weighted by molar-refractivity contribution is -0.137. The molecule has 168 valence electrons. The van der Waals surface area contributed by atoms with Gasteiger partial charge in [0.1, 0.15) is 0 Å². The summed E-state index contributed by atoms with van der Waals surface area (Å²) in [6.07, 6.45) is -4.43. The number of alkyl halides is 3. The van der Waals surface area contributed by atoms with Gasteiger partial charge in [0.05, 0.1) is 30.2 Å². The molecule has 1 heterocycles. The number of amides is 1. The first-order chi connectivity index (χ1) is 14.6. The Morgan fingerprint density at radius 1 is 1.10 bits per heavy atom. The molecular formula is C20H22F3N3O4S. The molecule has 1 saturated heterocycles. The van der Waals surface area contributed by atoms with Gasteiger partial charge in [-0.2, -0.15) is 17.5 Å². The van der Waals surface area contributed by atoms with Crippen LogP contribution >= 0.6 is 0 Å². The molecule has 2 N–H and O–H groups in total. The van der Waals surface area contributed by atoms with E-state index in [0.717, 1.165) is 12.1 Å². The fraction of sp³-hybridized carbons (Fsp3) is 0.350. The average Bonchev–Trinajstić information content (AvgIpc) is 2.74. The maximum absolute atomic E-state index is 12.8. The van der Waals surface area contributed by atoms with Crippen molar-refractivity contribution in [3.05, 3.63) is 53.6 Å². The third-order valence-corrected chi connectivity index (χ3v) is 6.65. The SMILES string of the molecule is Cc1ccc(S(=O)(=O)N2CCOCC2)cc1NC(=O)CNc1ccc(C(F)(F)F)cc1. The number of aryl methyl sites for hydroxylation is 1. The minimum Gasteiger partial charge on any atom is -0.379 e. The van der Waals surface area contributed by atoms with E-state index in [1.807, 2.05) is 0 Å². The zero-order valence-electron chi connectivity index (χ0n) is 16.7. The van der Waals surface area contributed by atoms with Crippen LogP contribution in [0, 0.1) is 6.92 Å². The number of morpholine rings is 1. The van der Waals surface area contributed by atoms with Gasteiger partial charge in [-0.15, -0.1) is 0 Å². The van der Waals surface area contributed by atoms with Crippen LogP contribution in [-0.4, -0.2) is 51.5 Å². The summed E-state index contributed by atoms with van der Waals surface area (Å²) < 4.78 is 70.0. The summed E-state index contributed by atoms with van der Waals surface area (Å²) in [7, 11) is -3.71. The van der Waals surface area contributed by atoms with E-state index in [2.05, 4.69) is 10.6 Å². The van der Waals surface area contributed by atoms with Crippen LogP contribution in [0.2, 0.25) is 0 Å². The van der Waals surface area contributed by atoms with Gasteiger partial charge in [-0.3, -0.25) is 4.79 Å². The molecule has 0 aromatic heterocycles. The lowest BCUT2D eigenvalue weighted by Crippen LogP contribution is -2.40. The largest absolute Gasteiger partial charge is 0.416 e. The Labute approximate surface area is 178 Å². The highest BCUT2D eigenvalue weighted by Crippen LogP contribution is 2.30. The molecule has 1 aliphatic heterocycles. The summed E-state index contributed by atoms with van der Waals surface area (Å²) >= 11 is 0. The van der Waals surface area contributed by atoms with Crippen molar-refractivity contribution in [2.45, 2.75) is 18.0 Å². The quantitative estimate of drug-likeness (QED) is 0.696. The summed E-state index contributed by atoms with van der Waals surface area (Å²) in [5, 5.41) is 5.38. The lowest BCUT2D eigenvalue weighted by atomic mass is 10.2. The molecule has 7 nitrogen and oxygen atoms in total. The van der Waals surface area contributed by atoms with E-state index in [1.165, 1.54) is 28.6 Å². The molecule has 0 bridgehead atoms. The number of carbonyl (C=O) groups excluding carboxylic acids is 1. The molecule has 2 aromatic rings. The molecule has 3 rings (SSSR count). The van der Waals surface area contributed by atoms with Gasteiger partial charge in [0.15, 0.2) is 0 Å². The Bertz CT molecular complexity index is 1030. The Morgan fingerprint density at radius 2 is 1.74 bits per heavy atom. The monoisotopic (exact) mass is 457 g/mol. The Kier molecular flexibility index (Phi) is 6.87. The van der Waals surface area contributed by atoms with Crippen LogP contribution < -0.4 is 10.6 Å². The molecule has 0 aliphatic carbocycles. The minimum atomic E-state index is -4.43. The first-order valence-electron chi connectivity index (χ1n) is 9.47. The number of carbonyl (C=O) groups is 1. The summed E-state index contributed by atoms with van der Waals surface area (Å²) in [4.78, 5) is 12.4. The Morgan fingerprint density at radius 3 is 2.35 bits per heavy atom. The van der Waals surface area contributed by atoms with Crippen molar-refractivity contribution >= 4 is 27.3 Å². The van der Waals surface area contributed by atoms with Crippen molar-refractivity contribution in [1.29, 1.82) is 0 Å². The number of halogens is 3. The number of benzene rings is 2. The molecule has 1 amide bonds. The van der Waals surface area contributed by atoms with Gasteiger partial charge in [-0.05, 0) is 48.9 Å². The second-order valence-corrected chi connectivity index (χ2v) is 8.91. The van der Waals surface area contributed by atoms with E-state index >= 15 is 0 Å². The predicted octanol–water partition coefficient (Wildman–Crippen LogP) is 3.09. The Balaban J connectivity index is 1.65. The van der Waals surface area contributed by atoms with Crippen LogP contribution in [0.25, 0.3) is 0 Å². The minimum absolute atomic E-state index is 0.0611. The van der Waals surface area contributed by atoms with Gasteiger partial charge < -0.3 is 15.4 Å². The first-order valence-corrected chi connectivity index (χ1v) is 10.9. The van der Waals surface area contributed by atoms with Gasteiger partial charge >= 0.3 is 6.18 Å². The number of hydrogen-bond acceptors (Lipinski definition) is 5. The van der Waals surface area contributed by atoms with Gasteiger partial charge in [0, 0.05) is 24.5 Å². The lowest BCUT2D eigenvalue weighted by Gasteiger charge is -2.26. The highest BCUT2D eigenvalue weighted by molar-refractivity contribution is 7.89. The van der Waals surface area contributed by atoms with E-state index in [0.29, 0.717) is 30.2 Å². The maximum atomic E-state index is 12.8. The first kappa shape index (κ1) is 23.0. The third-order valence-electron chi connectivity index (χ3n) is 4.76. The third kappa shape index (κ3) is 5.75. The molecule has 0 unspecified atom stereocenters. The van der Waals surface area contributed by atoms with E-state index in [-0.39, 0.29) is 24.5 Å². The zero-order valence-corrected chi connectivity index (χ0v) is 17.5. The van der Waals surface area contributed by atoms with Crippen LogP contribution in [0.3, 0.4) is 0 Å². The standard InChI is InChI=1S/C20H22F3N3O4S/c1-14-2-7-17(31(28,29)26-8-10-30-11-9-26)12-18(14)25-19(27)13-24-16-5-3-15(4-6-16)20(21,22)23/h2-7,12,24H,8-11,13H2,1H3,(H,25,27). The fourth-order valence-corrected chi connectivity index (χ4v) is 4.42. The second-order valence-electron chi connectivity index (χ2n) is 6.97. The number of hydrogen-bond donors (Lipinski definition) is 2. The smallest absolute Gasteiger partial charge is 0.379 e. The molecule has 0 saturated carbocycles. The zero-order chi connectivity index (χ0) is 22.6. The number of anilines is 2. The molecule has 31 heavy (non-hydrogen) atoms. The van der Waals surface area contributed by atoms with Gasteiger partial charge in [-0.25, -0.2) is 8.42 Å². The van der Waals surface area contributed by atoms with Crippen molar-refractivity contribution in [1.82, 2.24) is 4.31 Å². The molecule has 0 atom stereocenters. The number of rotatable bonds is 6. The van der Waals surface area contributed by atoms with Crippen molar-refractivity contribution in [3.8, 4) is 0 Å². The summed E-state index contributed by atoms with van der Waals surface area (Å²) in [6, 6.07) is 8.79. The van der Waals surface area contributed by atoms with Gasteiger partial charge in [0.2, 0.25) is 15.9 Å². The predicted molar refractivity (Wildman–Crippen MR) is 109 cm³/mol. The van der Waals surface area contributed by atoms with Crippen molar-refractivity contribution in [3.63, 3.8) is 0 Å². The van der Waals surface area contributed by atoms with Crippen molar-refractivity contribution in [2.24, 2.45) is 0 Å². The normalized spacial score (nSPS) is 15.5. The van der Waals surface area contributed by atoms with Gasteiger partial charge in [-0.1, -0.05) is 6.07 Å². The van der Waals surface area contributed by atoms with Crippen LogP contribution in [0.15, 0.2) is 47.4 Å². The summed E-state index contributed by atoms with van der Waals surface area (Å²) in [5.41, 5.74) is 0.581. The van der Waals surface area contributed by atoms with E-state index < -0.39 is 27.7 Å². The maximum Gasteiger partial charge on any atom is 0.416 e. The number of sulfonamides is 1. The van der Waals surface area contributed by atoms with E-state index in [4.69, 9.17) is 4.74 Å². The Hall–Kier alpha value is -2.63. The molecular weight excluding hydrogens is 435 g/mol. The molecule has 11 heteroatoms. The topological polar surface area (TPSA) is 87.7 Å². The van der Waals surface area contributed by atoms with Gasteiger partial charge in [0.25, 0.3) is 0 Å². The second kappa shape index (κ2) is 9.25. The number of nitrogens with one attached hydrogen (secondary N) is 2. The average molecular weight is 457 g/mol. The molecule has 2 aromatic carbocycles. The van der Waals surface area contributed by atoms with Crippen molar-refractivity contribution in [2.75, 3.05) is 43.5 Å². The highest BCUT2D eigenvalue weighted by atomic mass is 32.2. The number of nitrogens with zero attached hydrogens (tertiary/aromatic N) is 1. The summed E-state index contributed by atoms with van der Waals surface area (Å²) in [6.45, 7) is 2.69. The van der Waals surface area contributed by atoms with Crippen LogP contribution in [0.1, 0.15) is 11.1 Å². The summed E-state index contributed by atoms with van der Waals surface area (Å²) in [5.74, 6) is -0.469. The van der Waals surface area contributed by atoms with E-state index in [9.17, 15) is 26.4 Å². The van der Waals surface area contributed by atoms with E-state index in [1.54, 1.807) is 13.0 Å². The molecule has 0 radical (unpaired) electrons. The highest BCUT2D eigenvalue weighted by Gasteiger charge is 2.30. The fourth-order valence-electron chi connectivity index (χ4n) is 2.99. The number of ether oxygens (including phenoxy) is 1.